The molecule has 0 nitrogen and oxygen atoms in total. The molecule has 1 unspecified atom stereocenters. The van der Waals surface area contributed by atoms with Crippen LogP contribution >= 0.6 is 17.2 Å². The predicted molar refractivity (Wildman–Crippen MR) is 206 cm³/mol. The van der Waals surface area contributed by atoms with Gasteiger partial charge in [-0.15, -0.1) is 0 Å². The summed E-state index contributed by atoms with van der Waals surface area (Å²) < 4.78 is 75.2. The van der Waals surface area contributed by atoms with E-state index in [1.165, 1.54) is 6.08 Å². The van der Waals surface area contributed by atoms with Crippen LogP contribution in [0.1, 0.15) is 84.2 Å². The summed E-state index contributed by atoms with van der Waals surface area (Å²) in [7, 11) is 17.5. The first-order chi connectivity index (χ1) is 24.8. The third kappa shape index (κ3) is 5.99. The Kier molecular flexibility index (Phi) is 9.35. The zero-order chi connectivity index (χ0) is 38.3. The van der Waals surface area contributed by atoms with Gasteiger partial charge in [0.1, 0.15) is 0 Å². The molecular weight excluding hydrogens is 885 g/mol. The van der Waals surface area contributed by atoms with Crippen molar-refractivity contribution in [3.63, 3.8) is 0 Å². The van der Waals surface area contributed by atoms with E-state index in [1.807, 2.05) is 60.7 Å². The summed E-state index contributed by atoms with van der Waals surface area (Å²) in [6.45, 7) is 12.7. The minimum absolute atomic E-state index is 0.142. The number of rotatable bonds is 5. The molecule has 272 valence electrons. The van der Waals surface area contributed by atoms with Crippen molar-refractivity contribution in [1.29, 1.82) is 0 Å². The molecule has 0 aliphatic heterocycles. The van der Waals surface area contributed by atoms with Crippen LogP contribution in [0.4, 0.5) is 22.0 Å². The van der Waals surface area contributed by atoms with Crippen molar-refractivity contribution in [2.75, 3.05) is 0 Å². The predicted octanol–water partition coefficient (Wildman–Crippen LogP) is 13.8. The molecule has 7 rings (SSSR count). The standard InChI is InChI=1S/C21H25.C13H10.C11H4F5.2ClH.Hf/c1-20(2,3)16-7-9-18-14(12-16)11-15-13-17(21(4,5)6)8-10-19(15)18;1-3-7-12(8-4-1)11-13-9-5-2-6-10-13;12-7-6(5-3-1-2-4-5)8(13)10(15)11(16)9(7)14;;;/h7-13H,1-6H3;1-10H;1-4H;2*1H;/q;;;;;+2/p-2. The van der Waals surface area contributed by atoms with Crippen LogP contribution in [-0.2, 0) is 26.5 Å². The van der Waals surface area contributed by atoms with Crippen molar-refractivity contribution in [3.05, 3.63) is 183 Å². The van der Waals surface area contributed by atoms with Crippen molar-refractivity contribution in [1.82, 2.24) is 0 Å². The van der Waals surface area contributed by atoms with E-state index in [0.29, 0.717) is 14.4 Å². The molecule has 53 heavy (non-hydrogen) atoms. The molecule has 0 radical (unpaired) electrons. The Bertz CT molecular complexity index is 2290. The summed E-state index contributed by atoms with van der Waals surface area (Å²) in [5.74, 6) is -10.1. The van der Waals surface area contributed by atoms with Crippen LogP contribution in [0.15, 0.2) is 115 Å². The molecule has 5 aromatic rings. The van der Waals surface area contributed by atoms with Crippen LogP contribution in [0.5, 0.6) is 0 Å². The number of hydrogen-bond acceptors (Lipinski definition) is 0. The van der Waals surface area contributed by atoms with Gasteiger partial charge in [0.05, 0.1) is 0 Å². The molecule has 5 aromatic carbocycles. The zero-order valence-electron chi connectivity index (χ0n) is 30.3. The van der Waals surface area contributed by atoms with Crippen LogP contribution in [-0.4, -0.2) is 3.26 Å². The summed E-state index contributed by atoms with van der Waals surface area (Å²) in [6.07, 6.45) is 4.67. The molecule has 0 amide bonds. The Hall–Kier alpha value is -3.45. The van der Waals surface area contributed by atoms with E-state index in [4.69, 9.17) is 17.2 Å². The maximum atomic E-state index is 16.0. The minimum atomic E-state index is -6.61. The van der Waals surface area contributed by atoms with E-state index < -0.39 is 57.7 Å². The molecule has 0 N–H and O–H groups in total. The van der Waals surface area contributed by atoms with Gasteiger partial charge in [0.15, 0.2) is 0 Å². The summed E-state index contributed by atoms with van der Waals surface area (Å²) in [6, 6.07) is 31.6. The van der Waals surface area contributed by atoms with Gasteiger partial charge in [0.25, 0.3) is 0 Å². The van der Waals surface area contributed by atoms with Crippen LogP contribution < -0.4 is 0 Å². The molecule has 1 atom stereocenters. The number of fused-ring (bicyclic) bond motifs is 3. The van der Waals surface area contributed by atoms with Gasteiger partial charge in [0, 0.05) is 0 Å². The molecule has 2 aliphatic carbocycles. The quantitative estimate of drug-likeness (QED) is 0.0713. The average Bonchev–Trinajstić information content (AvgIpc) is 3.74. The zero-order valence-corrected chi connectivity index (χ0v) is 35.4. The number of benzene rings is 5. The van der Waals surface area contributed by atoms with Gasteiger partial charge in [0.2, 0.25) is 0 Å². The van der Waals surface area contributed by atoms with E-state index in [1.54, 1.807) is 12.2 Å². The number of halogens is 7. The molecule has 0 saturated heterocycles. The molecule has 2 aliphatic rings. The van der Waals surface area contributed by atoms with Crippen LogP contribution in [0.25, 0.3) is 16.7 Å². The van der Waals surface area contributed by atoms with Gasteiger partial charge in [-0.3, -0.25) is 0 Å². The third-order valence-corrected chi connectivity index (χ3v) is 38.8. The van der Waals surface area contributed by atoms with Crippen LogP contribution in [0.2, 0.25) is 3.67 Å². The van der Waals surface area contributed by atoms with E-state index >= 15 is 17.6 Å². The second-order valence-corrected chi connectivity index (χ2v) is 45.5. The van der Waals surface area contributed by atoms with Crippen molar-refractivity contribution in [2.24, 2.45) is 0 Å². The van der Waals surface area contributed by atoms with Gasteiger partial charge in [-0.05, 0) is 0 Å². The first-order valence-electron chi connectivity index (χ1n) is 17.6. The molecule has 0 heterocycles. The molecule has 0 saturated carbocycles. The number of hydrogen-bond donors (Lipinski definition) is 0. The van der Waals surface area contributed by atoms with E-state index in [0.717, 1.165) is 33.4 Å². The average molecular weight is 924 g/mol. The molecule has 0 spiro atoms. The second-order valence-electron chi connectivity index (χ2n) is 16.2. The van der Waals surface area contributed by atoms with E-state index in [9.17, 15) is 4.39 Å². The second kappa shape index (κ2) is 13.1. The Balaban J connectivity index is 1.72. The first-order valence-corrected chi connectivity index (χ1v) is 32.5. The Morgan fingerprint density at radius 3 is 1.40 bits per heavy atom. The van der Waals surface area contributed by atoms with Crippen LogP contribution in [0, 0.1) is 29.1 Å². The van der Waals surface area contributed by atoms with Gasteiger partial charge in [-0.2, -0.15) is 0 Å². The van der Waals surface area contributed by atoms with E-state index in [-0.39, 0.29) is 16.4 Å². The monoisotopic (exact) mass is 924 g/mol. The third-order valence-electron chi connectivity index (χ3n) is 10.9. The summed E-state index contributed by atoms with van der Waals surface area (Å²) in [4.78, 5) is 0. The molecule has 8 heteroatoms. The number of allylic oxidation sites excluding steroid dienone is 4. The summed E-state index contributed by atoms with van der Waals surface area (Å²) in [5, 5.41) is 0. The van der Waals surface area contributed by atoms with Crippen molar-refractivity contribution in [3.8, 4) is 11.1 Å². The Labute approximate surface area is 315 Å². The van der Waals surface area contributed by atoms with Gasteiger partial charge >= 0.3 is 318 Å². The maximum absolute atomic E-state index is 16.0. The van der Waals surface area contributed by atoms with E-state index in [2.05, 4.69) is 77.9 Å². The fourth-order valence-electron chi connectivity index (χ4n) is 8.21. The Morgan fingerprint density at radius 1 is 0.566 bits per heavy atom. The summed E-state index contributed by atoms with van der Waals surface area (Å²) in [5.41, 5.74) is 5.42. The molecule has 0 bridgehead atoms. The van der Waals surface area contributed by atoms with Crippen molar-refractivity contribution < 1.29 is 37.6 Å². The molecule has 0 aromatic heterocycles. The van der Waals surface area contributed by atoms with Crippen LogP contribution in [0.3, 0.4) is 0 Å². The van der Waals surface area contributed by atoms with Gasteiger partial charge in [-0.25, -0.2) is 0 Å². The first kappa shape index (κ1) is 37.8. The topological polar surface area (TPSA) is 0 Å². The van der Waals surface area contributed by atoms with Crippen molar-refractivity contribution >= 4 is 26.0 Å². The molecule has 0 fully saturated rings. The SMILES string of the molecule is CC(C)(C)c1ccc2c(c1)[CH]([Hf]([Cl])([Cl])(=[C](c1ccccc1)c1ccccc1)[CH]1C=CC=C1c1c(F)c(F)c(F)c(F)c1F)c1cc(C(C)(C)C)ccc1-2. The fourth-order valence-corrected chi connectivity index (χ4v) is 37.7. The normalized spacial score (nSPS) is 16.1. The molecular formula is C45H39Cl2F5Hf. The fraction of sp³-hybridized carbons (Fsp3) is 0.222. The summed E-state index contributed by atoms with van der Waals surface area (Å²) >= 11 is -6.61. The Morgan fingerprint density at radius 2 is 0.981 bits per heavy atom. The van der Waals surface area contributed by atoms with Gasteiger partial charge in [-0.1, -0.05) is 0 Å². The van der Waals surface area contributed by atoms with Crippen molar-refractivity contribution in [2.45, 2.75) is 59.7 Å². The van der Waals surface area contributed by atoms with Gasteiger partial charge < -0.3 is 0 Å².